The van der Waals surface area contributed by atoms with E-state index in [1.165, 1.54) is 6.07 Å². The predicted octanol–water partition coefficient (Wildman–Crippen LogP) is 1.63. The maximum absolute atomic E-state index is 12.2. The molecule has 1 heterocycles. The fourth-order valence-electron chi connectivity index (χ4n) is 2.52. The number of nitro groups is 1. The molecule has 1 saturated heterocycles. The van der Waals surface area contributed by atoms with Gasteiger partial charge in [-0.25, -0.2) is 0 Å². The second-order valence-electron chi connectivity index (χ2n) is 5.15. The Labute approximate surface area is 117 Å². The third kappa shape index (κ3) is 3.33. The van der Waals surface area contributed by atoms with Crippen LogP contribution < -0.4 is 10.6 Å². The third-order valence-electron chi connectivity index (χ3n) is 3.62. The van der Waals surface area contributed by atoms with E-state index in [-0.39, 0.29) is 17.2 Å². The molecule has 2 N–H and O–H groups in total. The van der Waals surface area contributed by atoms with Crippen molar-refractivity contribution in [1.82, 2.24) is 10.6 Å². The molecule has 1 amide bonds. The van der Waals surface area contributed by atoms with Crippen molar-refractivity contribution < 1.29 is 9.72 Å². The molecule has 0 spiro atoms. The van der Waals surface area contributed by atoms with Gasteiger partial charge in [-0.3, -0.25) is 14.9 Å². The molecule has 0 saturated carbocycles. The zero-order valence-corrected chi connectivity index (χ0v) is 11.5. The zero-order valence-electron chi connectivity index (χ0n) is 11.5. The minimum atomic E-state index is -0.510. The highest BCUT2D eigenvalue weighted by molar-refractivity contribution is 5.99. The summed E-state index contributed by atoms with van der Waals surface area (Å²) in [5.74, 6) is 0.0381. The molecule has 1 fully saturated rings. The highest BCUT2D eigenvalue weighted by Gasteiger charge is 2.23. The summed E-state index contributed by atoms with van der Waals surface area (Å²) in [4.78, 5) is 22.7. The number of aryl methyl sites for hydroxylation is 1. The lowest BCUT2D eigenvalue weighted by molar-refractivity contribution is -0.385. The third-order valence-corrected chi connectivity index (χ3v) is 3.62. The highest BCUT2D eigenvalue weighted by Crippen LogP contribution is 2.21. The number of piperidine rings is 1. The van der Waals surface area contributed by atoms with Crippen molar-refractivity contribution in [2.45, 2.75) is 19.8 Å². The smallest absolute Gasteiger partial charge is 0.282 e. The standard InChI is InChI=1S/C14H19N3O3/c1-10-4-2-6-12(17(19)20)13(10)14(18)16-9-11-5-3-7-15-8-11/h2,4,6,11,15H,3,5,7-9H2,1H3,(H,16,18). The van der Waals surface area contributed by atoms with E-state index in [0.717, 1.165) is 25.9 Å². The maximum Gasteiger partial charge on any atom is 0.282 e. The van der Waals surface area contributed by atoms with Crippen LogP contribution >= 0.6 is 0 Å². The zero-order chi connectivity index (χ0) is 14.5. The molecule has 20 heavy (non-hydrogen) atoms. The lowest BCUT2D eigenvalue weighted by Crippen LogP contribution is -2.38. The number of nitrogens with zero attached hydrogens (tertiary/aromatic N) is 1. The van der Waals surface area contributed by atoms with Gasteiger partial charge in [-0.15, -0.1) is 0 Å². The van der Waals surface area contributed by atoms with E-state index in [4.69, 9.17) is 0 Å². The molecule has 1 aliphatic rings. The van der Waals surface area contributed by atoms with Crippen LogP contribution in [-0.4, -0.2) is 30.5 Å². The number of nitro benzene ring substituents is 1. The van der Waals surface area contributed by atoms with Crippen LogP contribution in [0.3, 0.4) is 0 Å². The topological polar surface area (TPSA) is 84.3 Å². The summed E-state index contributed by atoms with van der Waals surface area (Å²) < 4.78 is 0. The Balaban J connectivity index is 2.06. The predicted molar refractivity (Wildman–Crippen MR) is 75.8 cm³/mol. The van der Waals surface area contributed by atoms with Crippen molar-refractivity contribution in [2.24, 2.45) is 5.92 Å². The number of carbonyl (C=O) groups is 1. The van der Waals surface area contributed by atoms with Crippen LogP contribution in [0.1, 0.15) is 28.8 Å². The lowest BCUT2D eigenvalue weighted by Gasteiger charge is -2.23. The fourth-order valence-corrected chi connectivity index (χ4v) is 2.52. The van der Waals surface area contributed by atoms with Gasteiger partial charge in [-0.2, -0.15) is 0 Å². The summed E-state index contributed by atoms with van der Waals surface area (Å²) in [7, 11) is 0. The van der Waals surface area contributed by atoms with Crippen LogP contribution in [0.4, 0.5) is 5.69 Å². The lowest BCUT2D eigenvalue weighted by atomic mass is 9.99. The van der Waals surface area contributed by atoms with Crippen LogP contribution in [0.2, 0.25) is 0 Å². The highest BCUT2D eigenvalue weighted by atomic mass is 16.6. The first kappa shape index (κ1) is 14.5. The average molecular weight is 277 g/mol. The molecule has 1 unspecified atom stereocenters. The second kappa shape index (κ2) is 6.47. The van der Waals surface area contributed by atoms with Gasteiger partial charge in [-0.05, 0) is 44.3 Å². The Hall–Kier alpha value is -1.95. The summed E-state index contributed by atoms with van der Waals surface area (Å²) in [6, 6.07) is 4.67. The Morgan fingerprint density at radius 1 is 1.55 bits per heavy atom. The van der Waals surface area contributed by atoms with Gasteiger partial charge in [0.25, 0.3) is 11.6 Å². The largest absolute Gasteiger partial charge is 0.351 e. The van der Waals surface area contributed by atoms with Gasteiger partial charge in [-0.1, -0.05) is 12.1 Å². The fraction of sp³-hybridized carbons (Fsp3) is 0.500. The van der Waals surface area contributed by atoms with Crippen LogP contribution in [-0.2, 0) is 0 Å². The van der Waals surface area contributed by atoms with Crippen molar-refractivity contribution in [3.63, 3.8) is 0 Å². The first-order valence-electron chi connectivity index (χ1n) is 6.82. The van der Waals surface area contributed by atoms with Crippen LogP contribution in [0.15, 0.2) is 18.2 Å². The number of nitrogens with one attached hydrogen (secondary N) is 2. The van der Waals surface area contributed by atoms with Crippen molar-refractivity contribution in [2.75, 3.05) is 19.6 Å². The van der Waals surface area contributed by atoms with E-state index in [1.54, 1.807) is 19.1 Å². The molecule has 1 atom stereocenters. The van der Waals surface area contributed by atoms with E-state index < -0.39 is 4.92 Å². The Kier molecular flexibility index (Phi) is 4.68. The van der Waals surface area contributed by atoms with Crippen LogP contribution in [0.25, 0.3) is 0 Å². The number of rotatable bonds is 4. The van der Waals surface area contributed by atoms with Crippen molar-refractivity contribution in [1.29, 1.82) is 0 Å². The molecule has 0 aliphatic carbocycles. The van der Waals surface area contributed by atoms with Crippen molar-refractivity contribution in [3.05, 3.63) is 39.4 Å². The molecular weight excluding hydrogens is 258 g/mol. The molecule has 0 bridgehead atoms. The van der Waals surface area contributed by atoms with Crippen LogP contribution in [0, 0.1) is 23.0 Å². The molecule has 1 aromatic carbocycles. The van der Waals surface area contributed by atoms with Gasteiger partial charge in [0.05, 0.1) is 4.92 Å². The first-order chi connectivity index (χ1) is 9.59. The average Bonchev–Trinajstić information content (AvgIpc) is 2.45. The van der Waals surface area contributed by atoms with Crippen molar-refractivity contribution in [3.8, 4) is 0 Å². The Bertz CT molecular complexity index is 510. The second-order valence-corrected chi connectivity index (χ2v) is 5.15. The van der Waals surface area contributed by atoms with Gasteiger partial charge in [0.1, 0.15) is 5.56 Å². The van der Waals surface area contributed by atoms with Crippen molar-refractivity contribution >= 4 is 11.6 Å². The van der Waals surface area contributed by atoms with Gasteiger partial charge in [0.2, 0.25) is 0 Å². The molecule has 0 aromatic heterocycles. The molecule has 6 heteroatoms. The number of hydrogen-bond donors (Lipinski definition) is 2. The molecule has 2 rings (SSSR count). The molecule has 108 valence electrons. The van der Waals surface area contributed by atoms with E-state index in [1.807, 2.05) is 0 Å². The SMILES string of the molecule is Cc1cccc([N+](=O)[O-])c1C(=O)NCC1CCCNC1. The van der Waals surface area contributed by atoms with Gasteiger partial charge >= 0.3 is 0 Å². The van der Waals surface area contributed by atoms with E-state index in [2.05, 4.69) is 10.6 Å². The summed E-state index contributed by atoms with van der Waals surface area (Å²) in [5, 5.41) is 17.1. The normalized spacial score (nSPS) is 18.6. The number of amides is 1. The molecule has 1 aromatic rings. The minimum Gasteiger partial charge on any atom is -0.351 e. The quantitative estimate of drug-likeness (QED) is 0.647. The number of benzene rings is 1. The Morgan fingerprint density at radius 2 is 2.35 bits per heavy atom. The van der Waals surface area contributed by atoms with E-state index >= 15 is 0 Å². The summed E-state index contributed by atoms with van der Waals surface area (Å²) >= 11 is 0. The summed E-state index contributed by atoms with van der Waals surface area (Å²) in [6.07, 6.45) is 2.17. The summed E-state index contributed by atoms with van der Waals surface area (Å²) in [5.41, 5.74) is 0.656. The van der Waals surface area contributed by atoms with E-state index in [0.29, 0.717) is 18.0 Å². The molecule has 0 radical (unpaired) electrons. The van der Waals surface area contributed by atoms with Gasteiger partial charge < -0.3 is 10.6 Å². The number of carbonyl (C=O) groups excluding carboxylic acids is 1. The van der Waals surface area contributed by atoms with Crippen LogP contribution in [0.5, 0.6) is 0 Å². The maximum atomic E-state index is 12.2. The minimum absolute atomic E-state index is 0.135. The molecular formula is C14H19N3O3. The van der Waals surface area contributed by atoms with E-state index in [9.17, 15) is 14.9 Å². The first-order valence-corrected chi connectivity index (χ1v) is 6.82. The van der Waals surface area contributed by atoms with Gasteiger partial charge in [0.15, 0.2) is 0 Å². The van der Waals surface area contributed by atoms with Gasteiger partial charge in [0, 0.05) is 12.6 Å². The molecule has 1 aliphatic heterocycles. The monoisotopic (exact) mass is 277 g/mol. The molecule has 6 nitrogen and oxygen atoms in total. The summed E-state index contributed by atoms with van der Waals surface area (Å²) in [6.45, 7) is 4.17. The number of hydrogen-bond acceptors (Lipinski definition) is 4. The Morgan fingerprint density at radius 3 is 3.00 bits per heavy atom.